The largest absolute Gasteiger partial charge is 0.465 e. The van der Waals surface area contributed by atoms with Crippen LogP contribution in [0.4, 0.5) is 0 Å². The number of rotatable bonds is 18. The average Bonchev–Trinajstić information content (AvgIpc) is 3.86. The van der Waals surface area contributed by atoms with E-state index >= 15 is 0 Å². The number of pyridine rings is 1. The van der Waals surface area contributed by atoms with E-state index in [9.17, 15) is 24.0 Å². The highest BCUT2D eigenvalue weighted by Gasteiger charge is 2.41. The van der Waals surface area contributed by atoms with Gasteiger partial charge in [0, 0.05) is 87.8 Å². The lowest BCUT2D eigenvalue weighted by molar-refractivity contribution is -0.146. The van der Waals surface area contributed by atoms with Crippen molar-refractivity contribution in [2.24, 2.45) is 17.3 Å². The Labute approximate surface area is 396 Å². The van der Waals surface area contributed by atoms with Gasteiger partial charge in [0.15, 0.2) is 0 Å². The van der Waals surface area contributed by atoms with E-state index in [1.54, 1.807) is 30.3 Å². The van der Waals surface area contributed by atoms with Crippen molar-refractivity contribution in [2.75, 3.05) is 40.4 Å². The van der Waals surface area contributed by atoms with Crippen LogP contribution in [0.1, 0.15) is 97.6 Å². The van der Waals surface area contributed by atoms with E-state index in [4.69, 9.17) is 14.5 Å². The molecule has 2 aliphatic heterocycles. The predicted molar refractivity (Wildman–Crippen MR) is 261 cm³/mol. The summed E-state index contributed by atoms with van der Waals surface area (Å²) >= 11 is 0. The van der Waals surface area contributed by atoms with Crippen LogP contribution in [0.5, 0.6) is 0 Å². The van der Waals surface area contributed by atoms with Crippen LogP contribution >= 0.6 is 0 Å². The molecule has 2 N–H and O–H groups in total. The molecular weight excluding hydrogens is 847 g/mol. The number of benzene rings is 2. The van der Waals surface area contributed by atoms with Gasteiger partial charge in [0.1, 0.15) is 12.1 Å². The molecule has 2 aromatic carbocycles. The lowest BCUT2D eigenvalue weighted by Crippen LogP contribution is -2.59. The summed E-state index contributed by atoms with van der Waals surface area (Å²) in [6, 6.07) is 16.7. The number of esters is 1. The standard InChI is InChI=1S/C53H71N7O7/c1-12-46(62)59-31-40(26-34(59)5)51(64)57(10)48(33(3)4)50(63)56-44(52(65)60-25-15-14-24-55-60)28-37-18-16-19-38(27-37)39-21-22-45-42(29-39)43(30-53(8,9)32-67-36(7)61)49(58(45)13-2)41-20-17-23-54-47(41)35(6)66-11/h12,16-23,27,29,33-35,40,44,48,55H,1,13-15,24-26,28,30-32H2,2-11H3,(H,56,63)/t34-,35-,40-,44-,48-/m0/s1. The molecule has 2 aromatic heterocycles. The highest BCUT2D eigenvalue weighted by atomic mass is 16.5. The summed E-state index contributed by atoms with van der Waals surface area (Å²) in [4.78, 5) is 75.3. The molecular formula is C53H71N7O7. The molecule has 0 bridgehead atoms. The van der Waals surface area contributed by atoms with Gasteiger partial charge in [-0.2, -0.15) is 0 Å². The van der Waals surface area contributed by atoms with Crippen molar-refractivity contribution in [3.8, 4) is 22.4 Å². The van der Waals surface area contributed by atoms with Crippen LogP contribution in [0.3, 0.4) is 0 Å². The van der Waals surface area contributed by atoms with E-state index in [0.29, 0.717) is 32.5 Å². The Hall–Kier alpha value is -5.86. The zero-order chi connectivity index (χ0) is 48.7. The summed E-state index contributed by atoms with van der Waals surface area (Å²) in [6.07, 6.45) is 5.89. The first kappa shape index (κ1) is 50.6. The molecule has 2 saturated heterocycles. The van der Waals surface area contributed by atoms with E-state index in [1.807, 2.05) is 45.9 Å². The number of hydrogen-bond donors (Lipinski definition) is 2. The topological polar surface area (TPSA) is 155 Å². The van der Waals surface area contributed by atoms with Crippen molar-refractivity contribution in [1.82, 2.24) is 35.1 Å². The summed E-state index contributed by atoms with van der Waals surface area (Å²) in [5.41, 5.74) is 10.6. The lowest BCUT2D eigenvalue weighted by Gasteiger charge is -2.35. The van der Waals surface area contributed by atoms with Gasteiger partial charge in [-0.3, -0.25) is 34.0 Å². The highest BCUT2D eigenvalue weighted by Crippen LogP contribution is 2.42. The van der Waals surface area contributed by atoms with E-state index in [2.05, 4.69) is 79.1 Å². The van der Waals surface area contributed by atoms with Crippen LogP contribution in [0.25, 0.3) is 33.3 Å². The van der Waals surface area contributed by atoms with Crippen LogP contribution in [-0.4, -0.2) is 112 Å². The van der Waals surface area contributed by atoms with Gasteiger partial charge < -0.3 is 29.2 Å². The Morgan fingerprint density at radius 1 is 1.04 bits per heavy atom. The fourth-order valence-corrected chi connectivity index (χ4v) is 9.92. The lowest BCUT2D eigenvalue weighted by atomic mass is 9.84. The zero-order valence-electron chi connectivity index (χ0n) is 41.2. The molecule has 6 rings (SSSR count). The Morgan fingerprint density at radius 2 is 1.79 bits per heavy atom. The Kier molecular flexibility index (Phi) is 16.5. The molecule has 67 heavy (non-hydrogen) atoms. The van der Waals surface area contributed by atoms with E-state index in [0.717, 1.165) is 62.9 Å². The number of aryl methyl sites for hydroxylation is 1. The number of fused-ring (bicyclic) bond motifs is 1. The number of likely N-dealkylation sites (N-methyl/N-ethyl adjacent to an activating group) is 1. The van der Waals surface area contributed by atoms with Gasteiger partial charge in [0.25, 0.3) is 5.91 Å². The molecule has 4 amide bonds. The number of aromatic nitrogens is 2. The summed E-state index contributed by atoms with van der Waals surface area (Å²) in [5, 5.41) is 5.78. The van der Waals surface area contributed by atoms with Gasteiger partial charge in [-0.05, 0) is 105 Å². The fraction of sp³-hybridized carbons (Fsp3) is 0.509. The maximum Gasteiger partial charge on any atom is 0.302 e. The minimum atomic E-state index is -0.928. The van der Waals surface area contributed by atoms with Gasteiger partial charge in [-0.1, -0.05) is 64.6 Å². The van der Waals surface area contributed by atoms with Crippen LogP contribution in [-0.2, 0) is 52.8 Å². The second kappa shape index (κ2) is 21.8. The van der Waals surface area contributed by atoms with Gasteiger partial charge in [0.2, 0.25) is 17.7 Å². The number of ether oxygens (including phenoxy) is 2. The predicted octanol–water partition coefficient (Wildman–Crippen LogP) is 7.29. The molecule has 2 aliphatic rings. The molecule has 0 saturated carbocycles. The number of amides is 4. The van der Waals surface area contributed by atoms with Gasteiger partial charge >= 0.3 is 5.97 Å². The maximum absolute atomic E-state index is 14.5. The van der Waals surface area contributed by atoms with Crippen LogP contribution in [0.2, 0.25) is 0 Å². The van der Waals surface area contributed by atoms with Crippen LogP contribution in [0, 0.1) is 17.3 Å². The minimum absolute atomic E-state index is 0.135. The van der Waals surface area contributed by atoms with Crippen molar-refractivity contribution in [1.29, 1.82) is 0 Å². The Morgan fingerprint density at radius 3 is 2.45 bits per heavy atom. The molecule has 2 fully saturated rings. The zero-order valence-corrected chi connectivity index (χ0v) is 41.2. The van der Waals surface area contributed by atoms with Gasteiger partial charge in [-0.15, -0.1) is 0 Å². The summed E-state index contributed by atoms with van der Waals surface area (Å²) in [5.74, 6) is -2.14. The van der Waals surface area contributed by atoms with Crippen LogP contribution in [0.15, 0.2) is 73.4 Å². The van der Waals surface area contributed by atoms with E-state index < -0.39 is 29.3 Å². The van der Waals surface area contributed by atoms with Gasteiger partial charge in [-0.25, -0.2) is 5.43 Å². The number of likely N-dealkylation sites (tertiary alicyclic amines) is 1. The average molecular weight is 918 g/mol. The molecule has 0 spiro atoms. The molecule has 4 aromatic rings. The first-order valence-corrected chi connectivity index (χ1v) is 23.8. The molecule has 0 radical (unpaired) electrons. The second-order valence-corrected chi connectivity index (χ2v) is 19.4. The fourth-order valence-electron chi connectivity index (χ4n) is 9.92. The van der Waals surface area contributed by atoms with Crippen LogP contribution < -0.4 is 10.7 Å². The van der Waals surface area contributed by atoms with E-state index in [-0.39, 0.29) is 61.3 Å². The Bertz CT molecular complexity index is 2450. The summed E-state index contributed by atoms with van der Waals surface area (Å²) in [7, 11) is 3.32. The van der Waals surface area contributed by atoms with Crippen molar-refractivity contribution in [3.05, 3.63) is 90.3 Å². The van der Waals surface area contributed by atoms with Crippen molar-refractivity contribution < 1.29 is 33.4 Å². The molecule has 4 heterocycles. The molecule has 14 nitrogen and oxygen atoms in total. The third-order valence-corrected chi connectivity index (χ3v) is 13.4. The smallest absolute Gasteiger partial charge is 0.302 e. The van der Waals surface area contributed by atoms with E-state index in [1.165, 1.54) is 17.9 Å². The number of methoxy groups -OCH3 is 1. The molecule has 0 unspecified atom stereocenters. The first-order chi connectivity index (χ1) is 31.9. The third kappa shape index (κ3) is 11.5. The molecule has 0 aliphatic carbocycles. The molecule has 14 heteroatoms. The normalized spacial score (nSPS) is 17.8. The summed E-state index contributed by atoms with van der Waals surface area (Å²) < 4.78 is 13.7. The maximum atomic E-state index is 14.5. The van der Waals surface area contributed by atoms with Crippen molar-refractivity contribution >= 4 is 40.5 Å². The van der Waals surface area contributed by atoms with Crippen molar-refractivity contribution in [3.63, 3.8) is 0 Å². The molecule has 5 atom stereocenters. The number of nitrogens with zero attached hydrogens (tertiary/aromatic N) is 5. The Balaban J connectivity index is 1.36. The third-order valence-electron chi connectivity index (χ3n) is 13.4. The van der Waals surface area contributed by atoms with Crippen molar-refractivity contribution in [2.45, 2.75) is 118 Å². The number of carbonyl (C=O) groups is 5. The number of hydrogen-bond acceptors (Lipinski definition) is 9. The molecule has 360 valence electrons. The highest BCUT2D eigenvalue weighted by molar-refractivity contribution is 5.96. The number of carbonyl (C=O) groups excluding carboxylic acids is 5. The van der Waals surface area contributed by atoms with Gasteiger partial charge in [0.05, 0.1) is 30.0 Å². The first-order valence-electron chi connectivity index (χ1n) is 23.8. The number of nitrogens with one attached hydrogen (secondary N) is 2. The summed E-state index contributed by atoms with van der Waals surface area (Å²) in [6.45, 7) is 21.5. The monoisotopic (exact) mass is 918 g/mol. The second-order valence-electron chi connectivity index (χ2n) is 19.4. The number of hydrazine groups is 1. The minimum Gasteiger partial charge on any atom is -0.465 e. The quantitative estimate of drug-likeness (QED) is 0.0774. The SMILES string of the molecule is C=CC(=O)N1C[C@@H](C(=O)N(C)[C@H](C(=O)N[C@@H](Cc2cccc(-c3ccc4c(c3)c(CC(C)(C)COC(C)=O)c(-c3cccnc3[C@H](C)OC)n4CC)c2)C(=O)N2CCCCN2)C(C)C)C[C@@H]1C.